The van der Waals surface area contributed by atoms with E-state index in [0.717, 1.165) is 12.1 Å². The highest BCUT2D eigenvalue weighted by atomic mass is 79.9. The monoisotopic (exact) mass is 379 g/mol. The number of rotatable bonds is 6. The van der Waals surface area contributed by atoms with Gasteiger partial charge < -0.3 is 0 Å². The van der Waals surface area contributed by atoms with Crippen LogP contribution in [0.1, 0.15) is 0 Å². The molecule has 0 aromatic heterocycles. The van der Waals surface area contributed by atoms with Crippen LogP contribution >= 0.6 is 27.5 Å². The van der Waals surface area contributed by atoms with Crippen molar-refractivity contribution in [2.45, 2.75) is 11.3 Å². The molecule has 0 radical (unpaired) electrons. The summed E-state index contributed by atoms with van der Waals surface area (Å²) in [6, 6.07) is 2.77. The van der Waals surface area contributed by atoms with Crippen molar-refractivity contribution in [3.63, 3.8) is 0 Å². The summed E-state index contributed by atoms with van der Waals surface area (Å²) in [7, 11) is -4.26. The van der Waals surface area contributed by atoms with E-state index in [4.69, 9.17) is 11.6 Å². The Kier molecular flexibility index (Phi) is 6.10. The third-order valence-corrected chi connectivity index (χ3v) is 4.89. The second-order valence-electron chi connectivity index (χ2n) is 3.52. The van der Waals surface area contributed by atoms with Gasteiger partial charge in [-0.1, -0.05) is 27.5 Å². The lowest BCUT2D eigenvalue weighted by molar-refractivity contribution is 0.121. The van der Waals surface area contributed by atoms with Crippen LogP contribution in [0.3, 0.4) is 0 Å². The van der Waals surface area contributed by atoms with Crippen molar-refractivity contribution in [2.24, 2.45) is 0 Å². The van der Waals surface area contributed by atoms with E-state index in [1.807, 2.05) is 0 Å². The Hall–Kier alpha value is -0.310. The lowest BCUT2D eigenvalue weighted by Gasteiger charge is -2.21. The zero-order valence-electron chi connectivity index (χ0n) is 9.49. The van der Waals surface area contributed by atoms with Gasteiger partial charge in [0.05, 0.1) is 11.6 Å². The highest BCUT2D eigenvalue weighted by Gasteiger charge is 2.29. The zero-order chi connectivity index (χ0) is 14.6. The first-order valence-corrected chi connectivity index (χ1v) is 8.02. The van der Waals surface area contributed by atoms with Crippen LogP contribution in [0.15, 0.2) is 23.1 Å². The van der Waals surface area contributed by atoms with Crippen LogP contribution in [0.25, 0.3) is 0 Å². The normalized spacial score (nSPS) is 12.4. The second-order valence-corrected chi connectivity index (χ2v) is 6.62. The largest absolute Gasteiger partial charge is 0.252 e. The van der Waals surface area contributed by atoms with E-state index < -0.39 is 33.7 Å². The summed E-state index contributed by atoms with van der Waals surface area (Å²) in [6.45, 7) is -1.14. The number of hydrogen-bond acceptors (Lipinski definition) is 2. The molecule has 0 heterocycles. The SMILES string of the molecule is O=S(=O)(c1cc(F)ccc1Cl)N(CCBr)CC(F)F. The smallest absolute Gasteiger partial charge is 0.209 e. The molecule has 19 heavy (non-hydrogen) atoms. The molecule has 0 aliphatic heterocycles. The molecule has 1 aromatic rings. The van der Waals surface area contributed by atoms with Gasteiger partial charge in [0.1, 0.15) is 10.7 Å². The number of alkyl halides is 3. The molecule has 1 rings (SSSR count). The number of nitrogens with zero attached hydrogens (tertiary/aromatic N) is 1. The van der Waals surface area contributed by atoms with E-state index in [0.29, 0.717) is 10.4 Å². The van der Waals surface area contributed by atoms with Gasteiger partial charge >= 0.3 is 0 Å². The topological polar surface area (TPSA) is 37.4 Å². The molecule has 0 spiro atoms. The Morgan fingerprint density at radius 3 is 2.53 bits per heavy atom. The molecule has 0 fully saturated rings. The maximum absolute atomic E-state index is 13.1. The van der Waals surface area contributed by atoms with Gasteiger partial charge in [0.2, 0.25) is 10.0 Å². The lowest BCUT2D eigenvalue weighted by atomic mass is 10.3. The minimum absolute atomic E-state index is 0.167. The maximum atomic E-state index is 13.1. The molecule has 9 heteroatoms. The first-order valence-electron chi connectivity index (χ1n) is 5.08. The van der Waals surface area contributed by atoms with Gasteiger partial charge in [-0.05, 0) is 18.2 Å². The quantitative estimate of drug-likeness (QED) is 0.711. The average Bonchev–Trinajstić information content (AvgIpc) is 2.31. The van der Waals surface area contributed by atoms with Crippen molar-refractivity contribution in [1.82, 2.24) is 4.31 Å². The van der Waals surface area contributed by atoms with Crippen LogP contribution in [0.4, 0.5) is 13.2 Å². The van der Waals surface area contributed by atoms with Crippen molar-refractivity contribution in [2.75, 3.05) is 18.4 Å². The third kappa shape index (κ3) is 4.34. The van der Waals surface area contributed by atoms with Gasteiger partial charge in [-0.25, -0.2) is 21.6 Å². The predicted octanol–water partition coefficient (Wildman–Crippen LogP) is 3.13. The Balaban J connectivity index is 3.22. The molecular formula is C10H10BrClF3NO2S. The van der Waals surface area contributed by atoms with Crippen LogP contribution in [0.2, 0.25) is 5.02 Å². The summed E-state index contributed by atoms with van der Waals surface area (Å²) in [6.07, 6.45) is -2.83. The summed E-state index contributed by atoms with van der Waals surface area (Å²) in [4.78, 5) is -0.518. The first-order chi connectivity index (χ1) is 8.78. The summed E-state index contributed by atoms with van der Waals surface area (Å²) in [5.41, 5.74) is 0. The molecule has 0 saturated heterocycles. The molecule has 0 amide bonds. The van der Waals surface area contributed by atoms with Crippen molar-refractivity contribution >= 4 is 37.6 Å². The van der Waals surface area contributed by atoms with E-state index in [9.17, 15) is 21.6 Å². The fourth-order valence-corrected chi connectivity index (χ4v) is 3.94. The summed E-state index contributed by atoms with van der Waals surface area (Å²) in [5, 5.41) is -0.0402. The van der Waals surface area contributed by atoms with E-state index in [1.165, 1.54) is 0 Å². The summed E-state index contributed by atoms with van der Waals surface area (Å²) in [5.74, 6) is -0.807. The van der Waals surface area contributed by atoms with E-state index in [2.05, 4.69) is 15.9 Å². The molecule has 0 unspecified atom stereocenters. The highest BCUT2D eigenvalue weighted by molar-refractivity contribution is 9.09. The van der Waals surface area contributed by atoms with E-state index >= 15 is 0 Å². The molecule has 0 atom stereocenters. The standard InChI is InChI=1S/C10H10BrClF3NO2S/c11-3-4-16(6-10(14)15)19(17,18)9-5-7(13)1-2-8(9)12/h1-2,5,10H,3-4,6H2. The Bertz CT molecular complexity index is 542. The van der Waals surface area contributed by atoms with Crippen molar-refractivity contribution in [3.05, 3.63) is 29.0 Å². The van der Waals surface area contributed by atoms with Crippen LogP contribution < -0.4 is 0 Å². The lowest BCUT2D eigenvalue weighted by Crippen LogP contribution is -2.36. The summed E-state index contributed by atoms with van der Waals surface area (Å²) < 4.78 is 62.8. The van der Waals surface area contributed by atoms with Crippen LogP contribution in [-0.4, -0.2) is 37.6 Å². The number of hydrogen-bond donors (Lipinski definition) is 0. The molecule has 0 aliphatic rings. The second kappa shape index (κ2) is 6.92. The zero-order valence-corrected chi connectivity index (χ0v) is 12.7. The summed E-state index contributed by atoms with van der Waals surface area (Å²) >= 11 is 8.67. The van der Waals surface area contributed by atoms with E-state index in [-0.39, 0.29) is 16.9 Å². The van der Waals surface area contributed by atoms with Gasteiger partial charge in [0.15, 0.2) is 0 Å². The molecule has 0 N–H and O–H groups in total. The molecule has 3 nitrogen and oxygen atoms in total. The molecule has 0 aliphatic carbocycles. The van der Waals surface area contributed by atoms with Crippen molar-refractivity contribution < 1.29 is 21.6 Å². The third-order valence-electron chi connectivity index (χ3n) is 2.19. The fraction of sp³-hybridized carbons (Fsp3) is 0.400. The van der Waals surface area contributed by atoms with Crippen molar-refractivity contribution in [3.8, 4) is 0 Å². The Morgan fingerprint density at radius 2 is 2.00 bits per heavy atom. The van der Waals surface area contributed by atoms with E-state index in [1.54, 1.807) is 0 Å². The minimum Gasteiger partial charge on any atom is -0.209 e. The van der Waals surface area contributed by atoms with Gasteiger partial charge in [-0.2, -0.15) is 4.31 Å². The molecule has 0 saturated carbocycles. The molecule has 0 bridgehead atoms. The van der Waals surface area contributed by atoms with Gasteiger partial charge in [-0.15, -0.1) is 0 Å². The number of benzene rings is 1. The maximum Gasteiger partial charge on any atom is 0.252 e. The Morgan fingerprint density at radius 1 is 1.37 bits per heavy atom. The predicted molar refractivity (Wildman–Crippen MR) is 70.0 cm³/mol. The molecule has 1 aromatic carbocycles. The van der Waals surface area contributed by atoms with Gasteiger partial charge in [0.25, 0.3) is 6.43 Å². The minimum atomic E-state index is -4.26. The van der Waals surface area contributed by atoms with Crippen LogP contribution in [-0.2, 0) is 10.0 Å². The fourth-order valence-electron chi connectivity index (χ4n) is 1.37. The van der Waals surface area contributed by atoms with Crippen LogP contribution in [0, 0.1) is 5.82 Å². The first kappa shape index (κ1) is 16.7. The Labute approximate surface area is 122 Å². The van der Waals surface area contributed by atoms with Gasteiger partial charge in [0, 0.05) is 11.9 Å². The highest BCUT2D eigenvalue weighted by Crippen LogP contribution is 2.26. The number of halogens is 5. The molecule has 108 valence electrons. The molecular weight excluding hydrogens is 371 g/mol. The van der Waals surface area contributed by atoms with Crippen LogP contribution in [0.5, 0.6) is 0 Å². The van der Waals surface area contributed by atoms with Crippen molar-refractivity contribution in [1.29, 1.82) is 0 Å². The van der Waals surface area contributed by atoms with Gasteiger partial charge in [-0.3, -0.25) is 0 Å². The number of sulfonamides is 1. The average molecular weight is 381 g/mol.